The lowest BCUT2D eigenvalue weighted by Gasteiger charge is -2.34. The summed E-state index contributed by atoms with van der Waals surface area (Å²) in [5.41, 5.74) is 0.340. The van der Waals surface area contributed by atoms with Gasteiger partial charge in [-0.25, -0.2) is 4.79 Å². The Bertz CT molecular complexity index is 605. The maximum absolute atomic E-state index is 12.8. The predicted octanol–water partition coefficient (Wildman–Crippen LogP) is 3.59. The van der Waals surface area contributed by atoms with E-state index >= 15 is 0 Å². The van der Waals surface area contributed by atoms with Crippen LogP contribution in [-0.2, 0) is 4.79 Å². The summed E-state index contributed by atoms with van der Waals surface area (Å²) in [7, 11) is 0. The first-order valence-corrected chi connectivity index (χ1v) is 8.47. The monoisotopic (exact) mass is 312 g/mol. The van der Waals surface area contributed by atoms with Crippen molar-refractivity contribution in [2.24, 2.45) is 5.92 Å². The summed E-state index contributed by atoms with van der Waals surface area (Å²) in [5, 5.41) is 2.95. The average molecular weight is 312 g/mol. The minimum Gasteiger partial charge on any atom is -0.323 e. The summed E-state index contributed by atoms with van der Waals surface area (Å²) >= 11 is 0. The maximum Gasteiger partial charge on any atom is 0.325 e. The highest BCUT2D eigenvalue weighted by atomic mass is 16.2. The highest BCUT2D eigenvalue weighted by Crippen LogP contribution is 2.36. The number of nitrogens with one attached hydrogen (secondary N) is 1. The number of nitrogens with zero attached hydrogens (tertiary/aromatic N) is 1. The van der Waals surface area contributed by atoms with Crippen LogP contribution in [0.5, 0.6) is 0 Å². The van der Waals surface area contributed by atoms with Crippen LogP contribution in [0.1, 0.15) is 44.6 Å². The number of rotatable bonds is 4. The molecule has 1 heterocycles. The van der Waals surface area contributed by atoms with Crippen LogP contribution in [-0.4, -0.2) is 28.9 Å². The Labute approximate surface area is 137 Å². The van der Waals surface area contributed by atoms with E-state index in [9.17, 15) is 9.59 Å². The Balaban J connectivity index is 1.67. The molecule has 1 aliphatic carbocycles. The number of amides is 3. The summed E-state index contributed by atoms with van der Waals surface area (Å²) in [6.07, 6.45) is 9.40. The molecule has 4 heteroatoms. The maximum atomic E-state index is 12.8. The molecule has 1 saturated carbocycles. The molecule has 1 N–H and O–H groups in total. The number of carbonyl (C=O) groups excluding carboxylic acids is 2. The first-order chi connectivity index (χ1) is 11.1. The molecule has 0 aromatic heterocycles. The van der Waals surface area contributed by atoms with Crippen LogP contribution in [0.25, 0.3) is 6.08 Å². The fraction of sp³-hybridized carbons (Fsp3) is 0.474. The van der Waals surface area contributed by atoms with Crippen LogP contribution >= 0.6 is 0 Å². The molecule has 1 aromatic rings. The molecular weight excluding hydrogens is 288 g/mol. The van der Waals surface area contributed by atoms with Gasteiger partial charge in [-0.05, 0) is 31.2 Å². The Morgan fingerprint density at radius 2 is 1.87 bits per heavy atom. The van der Waals surface area contributed by atoms with Crippen LogP contribution in [0.2, 0.25) is 0 Å². The second kappa shape index (κ2) is 6.57. The molecule has 1 aromatic carbocycles. The van der Waals surface area contributed by atoms with Crippen molar-refractivity contribution in [3.63, 3.8) is 0 Å². The molecule has 4 nitrogen and oxygen atoms in total. The van der Waals surface area contributed by atoms with Crippen molar-refractivity contribution in [2.45, 2.75) is 44.6 Å². The molecule has 0 bridgehead atoms. The second-order valence-electron chi connectivity index (χ2n) is 6.70. The number of carbonyl (C=O) groups is 2. The van der Waals surface area contributed by atoms with E-state index in [0.717, 1.165) is 31.2 Å². The van der Waals surface area contributed by atoms with E-state index < -0.39 is 5.54 Å². The normalized spacial score (nSPS) is 26.0. The predicted molar refractivity (Wildman–Crippen MR) is 90.7 cm³/mol. The van der Waals surface area contributed by atoms with Crippen molar-refractivity contribution >= 4 is 18.0 Å². The van der Waals surface area contributed by atoms with Gasteiger partial charge in [-0.3, -0.25) is 9.69 Å². The fourth-order valence-corrected chi connectivity index (χ4v) is 3.70. The van der Waals surface area contributed by atoms with Crippen LogP contribution in [0, 0.1) is 5.92 Å². The lowest BCUT2D eigenvalue weighted by atomic mass is 9.75. The van der Waals surface area contributed by atoms with Gasteiger partial charge in [-0.1, -0.05) is 61.7 Å². The quantitative estimate of drug-likeness (QED) is 0.864. The van der Waals surface area contributed by atoms with E-state index in [1.54, 1.807) is 0 Å². The van der Waals surface area contributed by atoms with Gasteiger partial charge in [0, 0.05) is 6.54 Å². The van der Waals surface area contributed by atoms with Gasteiger partial charge in [-0.2, -0.15) is 0 Å². The van der Waals surface area contributed by atoms with Crippen LogP contribution in [0.15, 0.2) is 36.4 Å². The lowest BCUT2D eigenvalue weighted by Crippen LogP contribution is -2.51. The van der Waals surface area contributed by atoms with Gasteiger partial charge in [0.15, 0.2) is 0 Å². The summed E-state index contributed by atoms with van der Waals surface area (Å²) in [4.78, 5) is 26.4. The highest BCUT2D eigenvalue weighted by molar-refractivity contribution is 6.07. The van der Waals surface area contributed by atoms with Crippen molar-refractivity contribution in [1.82, 2.24) is 10.2 Å². The first-order valence-electron chi connectivity index (χ1n) is 8.47. The van der Waals surface area contributed by atoms with Crippen molar-refractivity contribution < 1.29 is 9.59 Å². The molecule has 2 aliphatic rings. The van der Waals surface area contributed by atoms with Crippen molar-refractivity contribution in [2.75, 3.05) is 6.54 Å². The Hall–Kier alpha value is -2.10. The Kier molecular flexibility index (Phi) is 4.51. The molecule has 2 fully saturated rings. The van der Waals surface area contributed by atoms with Crippen LogP contribution in [0.3, 0.4) is 0 Å². The van der Waals surface area contributed by atoms with Gasteiger partial charge in [0.05, 0.1) is 0 Å². The fourth-order valence-electron chi connectivity index (χ4n) is 3.70. The largest absolute Gasteiger partial charge is 0.325 e. The molecule has 0 unspecified atom stereocenters. The number of hydrogen-bond acceptors (Lipinski definition) is 2. The summed E-state index contributed by atoms with van der Waals surface area (Å²) in [6, 6.07) is 9.62. The molecule has 3 amide bonds. The van der Waals surface area contributed by atoms with Crippen LogP contribution < -0.4 is 5.32 Å². The van der Waals surface area contributed by atoms with E-state index in [1.165, 1.54) is 11.3 Å². The number of urea groups is 1. The van der Waals surface area contributed by atoms with Gasteiger partial charge in [0.1, 0.15) is 5.54 Å². The molecule has 1 saturated heterocycles. The standard InChI is InChI=1S/C19H24N2O2/c1-19(16-12-6-3-7-13-16)17(22)21(18(23)20-19)14-8-11-15-9-4-2-5-10-15/h2,4-5,8-11,16H,3,6-7,12-14H2,1H3,(H,20,23)/b11-8+/t19-/m0/s1. The molecule has 1 aliphatic heterocycles. The first kappa shape index (κ1) is 15.8. The number of hydrogen-bond donors (Lipinski definition) is 1. The van der Waals surface area contributed by atoms with Gasteiger partial charge in [0.2, 0.25) is 0 Å². The smallest absolute Gasteiger partial charge is 0.323 e. The minimum absolute atomic E-state index is 0.0767. The summed E-state index contributed by atoms with van der Waals surface area (Å²) in [6.45, 7) is 2.21. The molecule has 1 atom stereocenters. The van der Waals surface area contributed by atoms with E-state index in [-0.39, 0.29) is 17.9 Å². The Morgan fingerprint density at radius 3 is 2.57 bits per heavy atom. The third kappa shape index (κ3) is 3.16. The van der Waals surface area contributed by atoms with E-state index in [1.807, 2.05) is 49.4 Å². The Morgan fingerprint density at radius 1 is 1.17 bits per heavy atom. The van der Waals surface area contributed by atoms with Gasteiger partial charge < -0.3 is 5.32 Å². The topological polar surface area (TPSA) is 49.4 Å². The van der Waals surface area contributed by atoms with Crippen molar-refractivity contribution in [3.05, 3.63) is 42.0 Å². The van der Waals surface area contributed by atoms with Crippen molar-refractivity contribution in [3.8, 4) is 0 Å². The third-order valence-electron chi connectivity index (χ3n) is 5.12. The van der Waals surface area contributed by atoms with E-state index in [0.29, 0.717) is 6.54 Å². The summed E-state index contributed by atoms with van der Waals surface area (Å²) in [5.74, 6) is 0.183. The van der Waals surface area contributed by atoms with Gasteiger partial charge in [-0.15, -0.1) is 0 Å². The van der Waals surface area contributed by atoms with Crippen LogP contribution in [0.4, 0.5) is 4.79 Å². The van der Waals surface area contributed by atoms with E-state index in [4.69, 9.17) is 0 Å². The minimum atomic E-state index is -0.724. The van der Waals surface area contributed by atoms with Crippen molar-refractivity contribution in [1.29, 1.82) is 0 Å². The second-order valence-corrected chi connectivity index (χ2v) is 6.70. The lowest BCUT2D eigenvalue weighted by molar-refractivity contribution is -0.132. The zero-order valence-electron chi connectivity index (χ0n) is 13.6. The molecule has 0 radical (unpaired) electrons. The summed E-state index contributed by atoms with van der Waals surface area (Å²) < 4.78 is 0. The number of imide groups is 1. The van der Waals surface area contributed by atoms with Gasteiger partial charge >= 0.3 is 6.03 Å². The highest BCUT2D eigenvalue weighted by Gasteiger charge is 2.51. The molecule has 3 rings (SSSR count). The molecule has 122 valence electrons. The zero-order valence-corrected chi connectivity index (χ0v) is 13.6. The molecule has 23 heavy (non-hydrogen) atoms. The third-order valence-corrected chi connectivity index (χ3v) is 5.12. The van der Waals surface area contributed by atoms with E-state index in [2.05, 4.69) is 5.32 Å². The molecule has 0 spiro atoms. The number of benzene rings is 1. The van der Waals surface area contributed by atoms with Gasteiger partial charge in [0.25, 0.3) is 5.91 Å². The molecular formula is C19H24N2O2. The SMILES string of the molecule is C[C@@]1(C2CCCCC2)NC(=O)N(C/C=C/c2ccccc2)C1=O. The zero-order chi connectivity index (χ0) is 16.3. The average Bonchev–Trinajstić information content (AvgIpc) is 2.81.